The van der Waals surface area contributed by atoms with Gasteiger partial charge >= 0.3 is 6.03 Å². The molecule has 3 N–H and O–H groups in total. The Morgan fingerprint density at radius 1 is 1.29 bits per heavy atom. The molecule has 0 atom stereocenters. The zero-order chi connectivity index (χ0) is 12.5. The summed E-state index contributed by atoms with van der Waals surface area (Å²) >= 11 is 4.85. The van der Waals surface area contributed by atoms with E-state index < -0.39 is 6.03 Å². The highest BCUT2D eigenvalue weighted by atomic mass is 32.1. The number of hydrazine groups is 1. The number of para-hydroxylation sites is 1. The molecule has 0 radical (unpaired) electrons. The molecule has 0 unspecified atom stereocenters. The first-order valence-electron chi connectivity index (χ1n) is 4.93. The minimum absolute atomic E-state index is 0.0304. The van der Waals surface area contributed by atoms with Gasteiger partial charge < -0.3 is 4.74 Å². The lowest BCUT2D eigenvalue weighted by Gasteiger charge is -2.10. The maximum absolute atomic E-state index is 11.0. The van der Waals surface area contributed by atoms with Crippen molar-refractivity contribution in [2.24, 2.45) is 0 Å². The number of hydrogen-bond acceptors (Lipinski definition) is 4. The predicted octanol–water partition coefficient (Wildman–Crippen LogP) is 1.11. The maximum atomic E-state index is 11.0. The van der Waals surface area contributed by atoms with E-state index in [1.165, 1.54) is 0 Å². The third-order valence-electron chi connectivity index (χ3n) is 1.54. The van der Waals surface area contributed by atoms with Crippen LogP contribution >= 0.6 is 12.2 Å². The van der Waals surface area contributed by atoms with Crippen molar-refractivity contribution in [2.75, 3.05) is 6.61 Å². The number of hydrogen-bond donors (Lipinski definition) is 3. The Morgan fingerprint density at radius 2 is 2.00 bits per heavy atom. The first kappa shape index (κ1) is 13.2. The average molecular weight is 255 g/mol. The summed E-state index contributed by atoms with van der Waals surface area (Å²) < 4.78 is 5.21. The molecule has 0 fully saturated rings. The molecular weight excluding hydrogens is 242 g/mol. The normalized spacial score (nSPS) is 9.24. The van der Waals surface area contributed by atoms with Crippen molar-refractivity contribution in [2.45, 2.75) is 6.92 Å². The highest BCUT2D eigenvalue weighted by molar-refractivity contribution is 7.80. The molecule has 0 heterocycles. The quantitative estimate of drug-likeness (QED) is 0.557. The fourth-order valence-electron chi connectivity index (χ4n) is 0.892. The van der Waals surface area contributed by atoms with Crippen LogP contribution in [0.5, 0.6) is 5.75 Å². The van der Waals surface area contributed by atoms with Gasteiger partial charge in [0, 0.05) is 0 Å². The van der Waals surface area contributed by atoms with Crippen LogP contribution in [0.1, 0.15) is 6.92 Å². The lowest BCUT2D eigenvalue weighted by Crippen LogP contribution is -2.47. The summed E-state index contributed by atoms with van der Waals surface area (Å²) in [5.74, 6) is 0.581. The Morgan fingerprint density at radius 3 is 2.65 bits per heavy atom. The monoisotopic (exact) mass is 255 g/mol. The number of carbonyl (C=O) groups is 1. The Labute approximate surface area is 104 Å². The number of ether oxygens (including phenoxy) is 1. The molecule has 0 saturated heterocycles. The van der Waals surface area contributed by atoms with E-state index in [-0.39, 0.29) is 5.17 Å². The summed E-state index contributed by atoms with van der Waals surface area (Å²) in [4.78, 5) is 15.7. The van der Waals surface area contributed by atoms with E-state index in [0.29, 0.717) is 12.4 Å². The van der Waals surface area contributed by atoms with Crippen molar-refractivity contribution in [1.82, 2.24) is 16.3 Å². The number of thiocarbonyl (C=S) groups is 1. The molecular formula is C10H13N3O3S. The van der Waals surface area contributed by atoms with Crippen LogP contribution in [0.15, 0.2) is 30.3 Å². The van der Waals surface area contributed by atoms with Crippen LogP contribution in [0.4, 0.5) is 4.79 Å². The number of urea groups is 1. The SMILES string of the molecule is CCONC(=O)NNC(=S)Oc1ccccc1. The summed E-state index contributed by atoms with van der Waals surface area (Å²) in [6.45, 7) is 2.12. The van der Waals surface area contributed by atoms with Gasteiger partial charge in [-0.15, -0.1) is 0 Å². The van der Waals surface area contributed by atoms with Crippen molar-refractivity contribution in [3.63, 3.8) is 0 Å². The fourth-order valence-corrected chi connectivity index (χ4v) is 1.04. The molecule has 0 saturated carbocycles. The third kappa shape index (κ3) is 5.69. The summed E-state index contributed by atoms with van der Waals surface area (Å²) in [6.07, 6.45) is 0. The van der Waals surface area contributed by atoms with Crippen molar-refractivity contribution in [1.29, 1.82) is 0 Å². The molecule has 0 aliphatic carbocycles. The second kappa shape index (κ2) is 7.42. The van der Waals surface area contributed by atoms with E-state index >= 15 is 0 Å². The predicted molar refractivity (Wildman–Crippen MR) is 66.1 cm³/mol. The molecule has 92 valence electrons. The number of carbonyl (C=O) groups excluding carboxylic acids is 1. The van der Waals surface area contributed by atoms with Crippen molar-refractivity contribution in [3.05, 3.63) is 30.3 Å². The van der Waals surface area contributed by atoms with Crippen LogP contribution < -0.4 is 21.1 Å². The van der Waals surface area contributed by atoms with Crippen LogP contribution in [0.3, 0.4) is 0 Å². The molecule has 2 amide bonds. The minimum Gasteiger partial charge on any atom is -0.431 e. The van der Waals surface area contributed by atoms with Gasteiger partial charge in [-0.3, -0.25) is 10.3 Å². The molecule has 0 aliphatic heterocycles. The second-order valence-corrected chi connectivity index (χ2v) is 3.19. The van der Waals surface area contributed by atoms with Crippen LogP contribution in [-0.4, -0.2) is 17.8 Å². The number of benzene rings is 1. The Kier molecular flexibility index (Phi) is 5.76. The van der Waals surface area contributed by atoms with Gasteiger partial charge in [0.05, 0.1) is 6.61 Å². The lowest BCUT2D eigenvalue weighted by molar-refractivity contribution is 0.0699. The smallest absolute Gasteiger partial charge is 0.357 e. The first-order chi connectivity index (χ1) is 8.22. The van der Waals surface area contributed by atoms with Gasteiger partial charge in [-0.1, -0.05) is 18.2 Å². The Balaban J connectivity index is 2.24. The number of nitrogens with one attached hydrogen (secondary N) is 3. The Bertz CT molecular complexity index is 372. The molecule has 0 bridgehead atoms. The highest BCUT2D eigenvalue weighted by Gasteiger charge is 2.02. The average Bonchev–Trinajstić information content (AvgIpc) is 2.35. The summed E-state index contributed by atoms with van der Waals surface area (Å²) in [6, 6.07) is 8.41. The fraction of sp³-hybridized carbons (Fsp3) is 0.200. The molecule has 0 spiro atoms. The maximum Gasteiger partial charge on any atom is 0.357 e. The van der Waals surface area contributed by atoms with Gasteiger partial charge in [-0.05, 0) is 31.3 Å². The zero-order valence-electron chi connectivity index (χ0n) is 9.23. The highest BCUT2D eigenvalue weighted by Crippen LogP contribution is 2.07. The summed E-state index contributed by atoms with van der Waals surface area (Å²) in [7, 11) is 0. The summed E-state index contributed by atoms with van der Waals surface area (Å²) in [5.41, 5.74) is 6.78. The van der Waals surface area contributed by atoms with Crippen LogP contribution in [0.2, 0.25) is 0 Å². The topological polar surface area (TPSA) is 71.6 Å². The van der Waals surface area contributed by atoms with Crippen molar-refractivity contribution >= 4 is 23.4 Å². The zero-order valence-corrected chi connectivity index (χ0v) is 10.0. The largest absolute Gasteiger partial charge is 0.431 e. The van der Waals surface area contributed by atoms with Gasteiger partial charge in [-0.25, -0.2) is 15.7 Å². The van der Waals surface area contributed by atoms with E-state index in [1.807, 2.05) is 18.2 Å². The van der Waals surface area contributed by atoms with Crippen LogP contribution in [-0.2, 0) is 4.84 Å². The van der Waals surface area contributed by atoms with Crippen LogP contribution in [0.25, 0.3) is 0 Å². The van der Waals surface area contributed by atoms with Crippen molar-refractivity contribution < 1.29 is 14.4 Å². The molecule has 17 heavy (non-hydrogen) atoms. The number of hydroxylamine groups is 1. The van der Waals surface area contributed by atoms with E-state index in [4.69, 9.17) is 17.0 Å². The van der Waals surface area contributed by atoms with E-state index in [0.717, 1.165) is 0 Å². The van der Waals surface area contributed by atoms with Gasteiger partial charge in [0.25, 0.3) is 5.17 Å². The van der Waals surface area contributed by atoms with Gasteiger partial charge in [0.15, 0.2) is 0 Å². The molecule has 7 heteroatoms. The Hall–Kier alpha value is -1.86. The van der Waals surface area contributed by atoms with Crippen LogP contribution in [0, 0.1) is 0 Å². The van der Waals surface area contributed by atoms with Gasteiger partial charge in [-0.2, -0.15) is 0 Å². The molecule has 1 aromatic carbocycles. The third-order valence-corrected chi connectivity index (χ3v) is 1.73. The van der Waals surface area contributed by atoms with Gasteiger partial charge in [0.2, 0.25) is 0 Å². The minimum atomic E-state index is -0.564. The second-order valence-electron chi connectivity index (χ2n) is 2.82. The number of amides is 2. The summed E-state index contributed by atoms with van der Waals surface area (Å²) in [5, 5.41) is 0.0304. The molecule has 1 rings (SSSR count). The van der Waals surface area contributed by atoms with E-state index in [9.17, 15) is 4.79 Å². The van der Waals surface area contributed by atoms with Crippen molar-refractivity contribution in [3.8, 4) is 5.75 Å². The van der Waals surface area contributed by atoms with E-state index in [1.54, 1.807) is 19.1 Å². The molecule has 6 nitrogen and oxygen atoms in total. The lowest BCUT2D eigenvalue weighted by atomic mass is 10.3. The molecule has 0 aromatic heterocycles. The van der Waals surface area contributed by atoms with E-state index in [2.05, 4.69) is 21.2 Å². The number of rotatable bonds is 3. The molecule has 0 aliphatic rings. The molecule has 1 aromatic rings. The first-order valence-corrected chi connectivity index (χ1v) is 5.34. The standard InChI is InChI=1S/C10H13N3O3S/c1-2-15-13-9(14)11-12-10(17)16-8-6-4-3-5-7-8/h3-7H,2H2,1H3,(H,12,17)(H2,11,13,14). The van der Waals surface area contributed by atoms with Gasteiger partial charge in [0.1, 0.15) is 5.75 Å².